The summed E-state index contributed by atoms with van der Waals surface area (Å²) in [5, 5.41) is 8.63. The number of sulfonamides is 1. The van der Waals surface area contributed by atoms with Crippen molar-refractivity contribution in [3.63, 3.8) is 0 Å². The lowest BCUT2D eigenvalue weighted by Gasteiger charge is -2.14. The first-order valence-electron chi connectivity index (χ1n) is 7.60. The summed E-state index contributed by atoms with van der Waals surface area (Å²) in [6.07, 6.45) is -4.38. The van der Waals surface area contributed by atoms with Crippen molar-refractivity contribution in [2.75, 3.05) is 11.9 Å². The molecule has 1 aromatic heterocycles. The molecule has 5 nitrogen and oxygen atoms in total. The molecule has 3 N–H and O–H groups in total. The summed E-state index contributed by atoms with van der Waals surface area (Å²) in [6, 6.07) is 12.1. The molecule has 1 heterocycles. The van der Waals surface area contributed by atoms with Gasteiger partial charge in [0.1, 0.15) is 11.3 Å². The second kappa shape index (κ2) is 6.65. The molecule has 138 valence electrons. The Hall–Kier alpha value is -2.52. The Bertz CT molecular complexity index is 1010. The molecule has 0 saturated carbocycles. The number of nitrogens with two attached hydrogens (primary N) is 1. The Labute approximate surface area is 147 Å². The summed E-state index contributed by atoms with van der Waals surface area (Å²) < 4.78 is 67.6. The van der Waals surface area contributed by atoms with E-state index in [4.69, 9.17) is 9.56 Å². The second-order valence-corrected chi connectivity index (χ2v) is 7.21. The van der Waals surface area contributed by atoms with E-state index in [0.717, 1.165) is 23.1 Å². The van der Waals surface area contributed by atoms with Crippen LogP contribution >= 0.6 is 0 Å². The van der Waals surface area contributed by atoms with Gasteiger partial charge in [-0.1, -0.05) is 18.2 Å². The molecule has 2 aromatic carbocycles. The van der Waals surface area contributed by atoms with Crippen LogP contribution in [0.15, 0.2) is 57.8 Å². The topological polar surface area (TPSA) is 85.3 Å². The first kappa shape index (κ1) is 18.3. The number of alkyl halides is 3. The first-order valence-corrected chi connectivity index (χ1v) is 9.14. The average Bonchev–Trinajstić information content (AvgIpc) is 2.95. The summed E-state index contributed by atoms with van der Waals surface area (Å²) in [5.74, 6) is 0.691. The molecular weight excluding hydrogens is 369 g/mol. The van der Waals surface area contributed by atoms with Gasteiger partial charge in [0.25, 0.3) is 0 Å². The zero-order valence-corrected chi connectivity index (χ0v) is 14.2. The van der Waals surface area contributed by atoms with Gasteiger partial charge in [-0.05, 0) is 30.3 Å². The van der Waals surface area contributed by atoms with Crippen LogP contribution in [0, 0.1) is 0 Å². The second-order valence-electron chi connectivity index (χ2n) is 5.68. The van der Waals surface area contributed by atoms with Gasteiger partial charge in [0, 0.05) is 24.0 Å². The standard InChI is InChI=1S/C17H15F3N2O3S/c18-17(19,20)14-10-12(5-6-16(14)26(21,23)24)22-8-7-13-9-11-3-1-2-4-15(11)25-13/h1-6,9-10,22H,7-8H2,(H2,21,23,24). The largest absolute Gasteiger partial charge is 0.461 e. The minimum absolute atomic E-state index is 0.140. The summed E-state index contributed by atoms with van der Waals surface area (Å²) >= 11 is 0. The lowest BCUT2D eigenvalue weighted by atomic mass is 10.2. The van der Waals surface area contributed by atoms with Crippen molar-refractivity contribution in [2.24, 2.45) is 5.14 Å². The number of fused-ring (bicyclic) bond motifs is 1. The molecule has 26 heavy (non-hydrogen) atoms. The van der Waals surface area contributed by atoms with Crippen LogP contribution in [-0.2, 0) is 22.6 Å². The smallest absolute Gasteiger partial charge is 0.417 e. The third kappa shape index (κ3) is 4.00. The van der Waals surface area contributed by atoms with Gasteiger partial charge in [-0.25, -0.2) is 13.6 Å². The van der Waals surface area contributed by atoms with Crippen molar-refractivity contribution in [2.45, 2.75) is 17.5 Å². The van der Waals surface area contributed by atoms with Crippen LogP contribution in [-0.4, -0.2) is 15.0 Å². The number of furan rings is 1. The molecule has 0 aliphatic carbocycles. The lowest BCUT2D eigenvalue weighted by Crippen LogP contribution is -2.19. The number of halogens is 3. The summed E-state index contributed by atoms with van der Waals surface area (Å²) in [7, 11) is -4.47. The molecule has 0 amide bonds. The molecule has 0 aliphatic rings. The van der Waals surface area contributed by atoms with Gasteiger partial charge in [-0.3, -0.25) is 0 Å². The summed E-state index contributed by atoms with van der Waals surface area (Å²) in [6.45, 7) is 0.311. The highest BCUT2D eigenvalue weighted by atomic mass is 32.2. The van der Waals surface area contributed by atoms with Crippen molar-refractivity contribution in [1.29, 1.82) is 0 Å². The minimum atomic E-state index is -4.84. The van der Waals surface area contributed by atoms with Gasteiger partial charge >= 0.3 is 6.18 Å². The Morgan fingerprint density at radius 2 is 1.81 bits per heavy atom. The van der Waals surface area contributed by atoms with Crippen LogP contribution in [0.5, 0.6) is 0 Å². The first-order chi connectivity index (χ1) is 12.1. The van der Waals surface area contributed by atoms with Gasteiger partial charge in [0.2, 0.25) is 10.0 Å². The van der Waals surface area contributed by atoms with Gasteiger partial charge in [-0.15, -0.1) is 0 Å². The van der Waals surface area contributed by atoms with E-state index < -0.39 is 26.7 Å². The highest BCUT2D eigenvalue weighted by molar-refractivity contribution is 7.89. The van der Waals surface area contributed by atoms with Crippen LogP contribution in [0.25, 0.3) is 11.0 Å². The fourth-order valence-corrected chi connectivity index (χ4v) is 3.34. The quantitative estimate of drug-likeness (QED) is 0.702. The zero-order valence-electron chi connectivity index (χ0n) is 13.4. The number of nitrogens with one attached hydrogen (secondary N) is 1. The average molecular weight is 384 g/mol. The van der Waals surface area contributed by atoms with Crippen molar-refractivity contribution in [3.8, 4) is 0 Å². The molecule has 9 heteroatoms. The van der Waals surface area contributed by atoms with E-state index in [9.17, 15) is 21.6 Å². The Morgan fingerprint density at radius 1 is 1.08 bits per heavy atom. The molecule has 0 saturated heterocycles. The number of rotatable bonds is 5. The maximum absolute atomic E-state index is 13.1. The van der Waals surface area contributed by atoms with Crippen LogP contribution in [0.1, 0.15) is 11.3 Å². The lowest BCUT2D eigenvalue weighted by molar-refractivity contribution is -0.139. The van der Waals surface area contributed by atoms with Crippen LogP contribution in [0.3, 0.4) is 0 Å². The van der Waals surface area contributed by atoms with Gasteiger partial charge < -0.3 is 9.73 Å². The number of primary sulfonamides is 1. The molecule has 0 spiro atoms. The Morgan fingerprint density at radius 3 is 2.46 bits per heavy atom. The van der Waals surface area contributed by atoms with E-state index >= 15 is 0 Å². The maximum atomic E-state index is 13.1. The molecule has 0 aliphatic heterocycles. The Balaban J connectivity index is 1.75. The number of hydrogen-bond donors (Lipinski definition) is 2. The van der Waals surface area contributed by atoms with E-state index in [1.165, 1.54) is 6.07 Å². The van der Waals surface area contributed by atoms with E-state index in [-0.39, 0.29) is 5.69 Å². The summed E-state index contributed by atoms with van der Waals surface area (Å²) in [4.78, 5) is -0.951. The Kier molecular flexibility index (Phi) is 4.68. The SMILES string of the molecule is NS(=O)(=O)c1ccc(NCCc2cc3ccccc3o2)cc1C(F)(F)F. The third-order valence-corrected chi connectivity index (χ3v) is 4.74. The van der Waals surface area contributed by atoms with Gasteiger partial charge in [0.15, 0.2) is 0 Å². The van der Waals surface area contributed by atoms with Crippen molar-refractivity contribution < 1.29 is 26.0 Å². The van der Waals surface area contributed by atoms with Gasteiger partial charge in [0.05, 0.1) is 10.5 Å². The van der Waals surface area contributed by atoms with Gasteiger partial charge in [-0.2, -0.15) is 13.2 Å². The molecule has 0 fully saturated rings. The number of anilines is 1. The molecule has 0 atom stereocenters. The predicted octanol–water partition coefficient (Wildman–Crippen LogP) is 3.75. The van der Waals surface area contributed by atoms with Crippen molar-refractivity contribution >= 4 is 26.7 Å². The van der Waals surface area contributed by atoms with Crippen LogP contribution in [0.2, 0.25) is 0 Å². The molecule has 0 unspecified atom stereocenters. The molecule has 3 aromatic rings. The fourth-order valence-electron chi connectivity index (χ4n) is 2.60. The normalized spacial score (nSPS) is 12.5. The zero-order chi connectivity index (χ0) is 18.9. The van der Waals surface area contributed by atoms with Crippen molar-refractivity contribution in [3.05, 3.63) is 59.9 Å². The van der Waals surface area contributed by atoms with E-state index in [1.807, 2.05) is 30.3 Å². The van der Waals surface area contributed by atoms with Crippen molar-refractivity contribution in [1.82, 2.24) is 0 Å². The maximum Gasteiger partial charge on any atom is 0.417 e. The van der Waals surface area contributed by atoms with Crippen LogP contribution < -0.4 is 10.5 Å². The molecular formula is C17H15F3N2O3S. The van der Waals surface area contributed by atoms with Crippen LogP contribution in [0.4, 0.5) is 18.9 Å². The van der Waals surface area contributed by atoms with E-state index in [1.54, 1.807) is 0 Å². The fraction of sp³-hybridized carbons (Fsp3) is 0.176. The third-order valence-electron chi connectivity index (χ3n) is 3.77. The molecule has 0 bridgehead atoms. The predicted molar refractivity (Wildman–Crippen MR) is 91.2 cm³/mol. The number of hydrogen-bond acceptors (Lipinski definition) is 4. The highest BCUT2D eigenvalue weighted by Crippen LogP contribution is 2.35. The number of benzene rings is 2. The minimum Gasteiger partial charge on any atom is -0.461 e. The monoisotopic (exact) mass is 384 g/mol. The number of para-hydroxylation sites is 1. The molecule has 3 rings (SSSR count). The van der Waals surface area contributed by atoms with E-state index in [0.29, 0.717) is 18.7 Å². The highest BCUT2D eigenvalue weighted by Gasteiger charge is 2.36. The molecule has 0 radical (unpaired) electrons. The van der Waals surface area contributed by atoms with E-state index in [2.05, 4.69) is 5.32 Å². The summed E-state index contributed by atoms with van der Waals surface area (Å²) in [5.41, 5.74) is -0.422.